The van der Waals surface area contributed by atoms with Crippen molar-refractivity contribution in [3.63, 3.8) is 0 Å². The number of pyridine rings is 1. The Labute approximate surface area is 198 Å². The van der Waals surface area contributed by atoms with Crippen LogP contribution in [0.15, 0.2) is 36.7 Å². The quantitative estimate of drug-likeness (QED) is 0.547. The van der Waals surface area contributed by atoms with E-state index in [4.69, 9.17) is 15.6 Å². The Morgan fingerprint density at radius 1 is 1.09 bits per heavy atom. The van der Waals surface area contributed by atoms with Crippen molar-refractivity contribution in [1.82, 2.24) is 20.1 Å². The fourth-order valence-corrected chi connectivity index (χ4v) is 5.84. The second-order valence-electron chi connectivity index (χ2n) is 10.3. The van der Waals surface area contributed by atoms with Gasteiger partial charge in [0.2, 0.25) is 0 Å². The number of aliphatic hydroxyl groups is 1. The van der Waals surface area contributed by atoms with Gasteiger partial charge in [0.05, 0.1) is 22.7 Å². The molecule has 3 heterocycles. The molecule has 4 fully saturated rings. The van der Waals surface area contributed by atoms with Crippen molar-refractivity contribution in [3.05, 3.63) is 42.2 Å². The minimum atomic E-state index is -0.538. The van der Waals surface area contributed by atoms with Crippen LogP contribution in [0.5, 0.6) is 0 Å². The highest BCUT2D eigenvalue weighted by molar-refractivity contribution is 6.00. The number of benzene rings is 1. The number of nitrogens with zero attached hydrogens (tertiary/aromatic N) is 3. The molecule has 34 heavy (non-hydrogen) atoms. The van der Waals surface area contributed by atoms with Gasteiger partial charge in [-0.2, -0.15) is 5.10 Å². The van der Waals surface area contributed by atoms with E-state index in [2.05, 4.69) is 27.2 Å². The molecule has 0 unspecified atom stereocenters. The molecule has 0 spiro atoms. The summed E-state index contributed by atoms with van der Waals surface area (Å²) >= 11 is 0. The summed E-state index contributed by atoms with van der Waals surface area (Å²) in [6.45, 7) is 1.55. The highest BCUT2D eigenvalue weighted by Crippen LogP contribution is 2.46. The van der Waals surface area contributed by atoms with E-state index in [1.165, 1.54) is 0 Å². The number of nitrogens with two attached hydrogens (primary N) is 1. The van der Waals surface area contributed by atoms with Gasteiger partial charge in [0, 0.05) is 42.1 Å². The summed E-state index contributed by atoms with van der Waals surface area (Å²) in [5, 5.41) is 19.6. The van der Waals surface area contributed by atoms with E-state index in [9.17, 15) is 9.90 Å². The lowest BCUT2D eigenvalue weighted by atomic mass is 9.63. The smallest absolute Gasteiger partial charge is 0.255 e. The van der Waals surface area contributed by atoms with Crippen LogP contribution in [-0.4, -0.2) is 50.1 Å². The Balaban J connectivity index is 1.25. The molecule has 3 aromatic rings. The molecule has 4 aliphatic rings. The van der Waals surface area contributed by atoms with E-state index in [1.54, 1.807) is 6.20 Å². The van der Waals surface area contributed by atoms with Gasteiger partial charge < -0.3 is 20.9 Å². The maximum Gasteiger partial charge on any atom is 0.255 e. The van der Waals surface area contributed by atoms with Crippen LogP contribution < -0.4 is 11.1 Å². The third-order valence-corrected chi connectivity index (χ3v) is 8.17. The van der Waals surface area contributed by atoms with Crippen molar-refractivity contribution >= 4 is 22.6 Å². The van der Waals surface area contributed by atoms with Crippen LogP contribution in [0, 0.1) is 0 Å². The van der Waals surface area contributed by atoms with Crippen molar-refractivity contribution in [3.8, 4) is 11.1 Å². The molecule has 1 amide bonds. The van der Waals surface area contributed by atoms with E-state index in [-0.39, 0.29) is 17.3 Å². The number of carbonyl (C=O) groups is 1. The topological polar surface area (TPSA) is 115 Å². The molecule has 4 N–H and O–H groups in total. The zero-order valence-corrected chi connectivity index (χ0v) is 19.3. The van der Waals surface area contributed by atoms with Gasteiger partial charge in [-0.1, -0.05) is 6.07 Å². The Morgan fingerprint density at radius 3 is 2.56 bits per heavy atom. The lowest BCUT2D eigenvalue weighted by Gasteiger charge is -2.51. The zero-order valence-electron chi connectivity index (χ0n) is 19.3. The number of hydrogen-bond donors (Lipinski definition) is 3. The molecule has 7 rings (SSSR count). The standard InChI is InChI=1S/C26H31N5O3/c27-23-21(24(32)29-25-5-8-26(33,9-6-25)10-7-25)14-18(15-28-23)17-1-2-22-19(13-17)16-31(30-22)20-3-11-34-12-4-20/h1-2,13-16,20,33H,3-12H2,(H2,27,28)(H,29,32). The summed E-state index contributed by atoms with van der Waals surface area (Å²) in [4.78, 5) is 17.6. The third kappa shape index (κ3) is 3.84. The highest BCUT2D eigenvalue weighted by Gasteiger charge is 2.48. The number of nitrogens with one attached hydrogen (secondary N) is 1. The average Bonchev–Trinajstić information content (AvgIpc) is 3.29. The molecule has 1 saturated heterocycles. The second-order valence-corrected chi connectivity index (χ2v) is 10.3. The van der Waals surface area contributed by atoms with Crippen LogP contribution in [0.2, 0.25) is 0 Å². The molecule has 1 aromatic carbocycles. The number of nitrogen functional groups attached to an aromatic ring is 1. The van der Waals surface area contributed by atoms with Gasteiger partial charge in [0.15, 0.2) is 0 Å². The predicted molar refractivity (Wildman–Crippen MR) is 129 cm³/mol. The average molecular weight is 462 g/mol. The molecule has 0 atom stereocenters. The number of aromatic nitrogens is 3. The Bertz CT molecular complexity index is 1220. The first-order valence-corrected chi connectivity index (χ1v) is 12.3. The minimum absolute atomic E-state index is 0.187. The van der Waals surface area contributed by atoms with Crippen molar-refractivity contribution in [2.24, 2.45) is 0 Å². The number of anilines is 1. The van der Waals surface area contributed by atoms with E-state index < -0.39 is 5.60 Å². The summed E-state index contributed by atoms with van der Waals surface area (Å²) < 4.78 is 7.54. The second kappa shape index (κ2) is 8.06. The first-order valence-electron chi connectivity index (χ1n) is 12.3. The molecule has 3 saturated carbocycles. The van der Waals surface area contributed by atoms with Crippen LogP contribution in [0.3, 0.4) is 0 Å². The number of amides is 1. The normalized spacial score (nSPS) is 27.2. The molecular formula is C26H31N5O3. The molecule has 0 radical (unpaired) electrons. The van der Waals surface area contributed by atoms with Gasteiger partial charge in [0.1, 0.15) is 5.82 Å². The third-order valence-electron chi connectivity index (χ3n) is 8.17. The molecule has 1 aliphatic heterocycles. The molecule has 8 nitrogen and oxygen atoms in total. The number of rotatable bonds is 4. The molecule has 2 bridgehead atoms. The molecule has 3 aliphatic carbocycles. The van der Waals surface area contributed by atoms with Crippen molar-refractivity contribution in [2.45, 2.75) is 68.5 Å². The van der Waals surface area contributed by atoms with Gasteiger partial charge in [-0.3, -0.25) is 9.48 Å². The van der Waals surface area contributed by atoms with E-state index in [0.29, 0.717) is 11.6 Å². The maximum atomic E-state index is 13.3. The van der Waals surface area contributed by atoms with Crippen LogP contribution in [-0.2, 0) is 4.74 Å². The minimum Gasteiger partial charge on any atom is -0.390 e. The summed E-state index contributed by atoms with van der Waals surface area (Å²) in [5.41, 5.74) is 8.51. The molecular weight excluding hydrogens is 430 g/mol. The van der Waals surface area contributed by atoms with Crippen LogP contribution in [0.1, 0.15) is 67.8 Å². The summed E-state index contributed by atoms with van der Waals surface area (Å²) in [7, 11) is 0. The highest BCUT2D eigenvalue weighted by atomic mass is 16.5. The maximum absolute atomic E-state index is 13.3. The Morgan fingerprint density at radius 2 is 1.82 bits per heavy atom. The Kier molecular flexibility index (Phi) is 5.11. The molecule has 8 heteroatoms. The first kappa shape index (κ1) is 21.6. The monoisotopic (exact) mass is 461 g/mol. The first-order chi connectivity index (χ1) is 16.4. The summed E-state index contributed by atoms with van der Waals surface area (Å²) in [6, 6.07) is 8.32. The lowest BCUT2D eigenvalue weighted by Crippen LogP contribution is -2.58. The van der Waals surface area contributed by atoms with Gasteiger partial charge in [-0.15, -0.1) is 0 Å². The summed E-state index contributed by atoms with van der Waals surface area (Å²) in [6.07, 6.45) is 10.4. The van der Waals surface area contributed by atoms with Gasteiger partial charge >= 0.3 is 0 Å². The van der Waals surface area contributed by atoms with Crippen LogP contribution in [0.4, 0.5) is 5.82 Å². The zero-order chi connectivity index (χ0) is 23.3. The number of hydrogen-bond acceptors (Lipinski definition) is 6. The van der Waals surface area contributed by atoms with E-state index in [0.717, 1.165) is 86.6 Å². The number of carbonyl (C=O) groups excluding carboxylic acids is 1. The molecule has 2 aromatic heterocycles. The van der Waals surface area contributed by atoms with E-state index in [1.807, 2.05) is 18.2 Å². The van der Waals surface area contributed by atoms with Crippen LogP contribution >= 0.6 is 0 Å². The largest absolute Gasteiger partial charge is 0.390 e. The lowest BCUT2D eigenvalue weighted by molar-refractivity contribution is -0.0702. The summed E-state index contributed by atoms with van der Waals surface area (Å²) in [5.74, 6) is 0.0433. The van der Waals surface area contributed by atoms with E-state index >= 15 is 0 Å². The van der Waals surface area contributed by atoms with Crippen molar-refractivity contribution in [2.75, 3.05) is 18.9 Å². The fourth-order valence-electron chi connectivity index (χ4n) is 5.84. The van der Waals surface area contributed by atoms with Gasteiger partial charge in [-0.05, 0) is 75.1 Å². The molecule has 178 valence electrons. The number of ether oxygens (including phenoxy) is 1. The Hall–Kier alpha value is -2.97. The SMILES string of the molecule is Nc1ncc(-c2ccc3nn(C4CCOCC4)cc3c2)cc1C(=O)NC12CCC(O)(CC1)CC2. The fraction of sp³-hybridized carbons (Fsp3) is 0.500. The van der Waals surface area contributed by atoms with Crippen LogP contribution in [0.25, 0.3) is 22.0 Å². The van der Waals surface area contributed by atoms with Gasteiger partial charge in [-0.25, -0.2) is 4.98 Å². The number of fused-ring (bicyclic) bond motifs is 4. The van der Waals surface area contributed by atoms with Crippen molar-refractivity contribution < 1.29 is 14.6 Å². The predicted octanol–water partition coefficient (Wildman–Crippen LogP) is 3.60. The van der Waals surface area contributed by atoms with Gasteiger partial charge in [0.25, 0.3) is 5.91 Å². The van der Waals surface area contributed by atoms with Crippen molar-refractivity contribution in [1.29, 1.82) is 0 Å².